The SMILES string of the molecule is Fc1ccc(OCc2nc(Cn3ccnn3)n(C3CCCCC3)n2)cc1. The molecule has 4 rings (SSSR count). The fourth-order valence-corrected chi connectivity index (χ4v) is 3.33. The van der Waals surface area contributed by atoms with Crippen LogP contribution in [0, 0.1) is 5.82 Å². The van der Waals surface area contributed by atoms with E-state index in [4.69, 9.17) is 9.84 Å². The molecule has 3 aromatic rings. The molecule has 1 aromatic carbocycles. The van der Waals surface area contributed by atoms with Crippen LogP contribution in [-0.4, -0.2) is 29.8 Å². The maximum absolute atomic E-state index is 13.0. The minimum atomic E-state index is -0.285. The molecule has 0 saturated heterocycles. The molecular formula is C18H21FN6O. The lowest BCUT2D eigenvalue weighted by Gasteiger charge is -2.23. The molecule has 2 heterocycles. The summed E-state index contributed by atoms with van der Waals surface area (Å²) in [4.78, 5) is 4.66. The Morgan fingerprint density at radius 3 is 2.65 bits per heavy atom. The maximum atomic E-state index is 13.0. The van der Waals surface area contributed by atoms with E-state index in [-0.39, 0.29) is 12.4 Å². The lowest BCUT2D eigenvalue weighted by atomic mass is 9.95. The molecule has 0 spiro atoms. The molecule has 7 nitrogen and oxygen atoms in total. The fourth-order valence-electron chi connectivity index (χ4n) is 3.33. The molecule has 0 radical (unpaired) electrons. The third kappa shape index (κ3) is 3.89. The molecule has 136 valence electrons. The Morgan fingerprint density at radius 1 is 1.12 bits per heavy atom. The Bertz CT molecular complexity index is 824. The molecule has 26 heavy (non-hydrogen) atoms. The zero-order valence-corrected chi connectivity index (χ0v) is 14.5. The minimum absolute atomic E-state index is 0.246. The highest BCUT2D eigenvalue weighted by Crippen LogP contribution is 2.28. The Morgan fingerprint density at radius 2 is 1.92 bits per heavy atom. The Hall–Kier alpha value is -2.77. The zero-order chi connectivity index (χ0) is 17.8. The van der Waals surface area contributed by atoms with Gasteiger partial charge in [-0.3, -0.25) is 0 Å². The van der Waals surface area contributed by atoms with E-state index in [0.717, 1.165) is 18.7 Å². The summed E-state index contributed by atoms with van der Waals surface area (Å²) in [6.45, 7) is 0.774. The Labute approximate surface area is 150 Å². The van der Waals surface area contributed by atoms with Crippen molar-refractivity contribution in [1.82, 2.24) is 29.8 Å². The summed E-state index contributed by atoms with van der Waals surface area (Å²) < 4.78 is 22.5. The normalized spacial score (nSPS) is 15.3. The van der Waals surface area contributed by atoms with Crippen LogP contribution in [0.3, 0.4) is 0 Å². The third-order valence-corrected chi connectivity index (χ3v) is 4.62. The predicted molar refractivity (Wildman–Crippen MR) is 92.0 cm³/mol. The van der Waals surface area contributed by atoms with Crippen LogP contribution < -0.4 is 4.74 Å². The van der Waals surface area contributed by atoms with Gasteiger partial charge in [0.1, 0.15) is 30.5 Å². The van der Waals surface area contributed by atoms with Crippen LogP contribution in [0.2, 0.25) is 0 Å². The molecule has 1 aliphatic carbocycles. The summed E-state index contributed by atoms with van der Waals surface area (Å²) >= 11 is 0. The van der Waals surface area contributed by atoms with Crippen molar-refractivity contribution in [2.24, 2.45) is 0 Å². The summed E-state index contributed by atoms with van der Waals surface area (Å²) in [7, 11) is 0. The topological polar surface area (TPSA) is 70.7 Å². The molecule has 0 N–H and O–H groups in total. The number of halogens is 1. The van der Waals surface area contributed by atoms with E-state index in [1.807, 2.05) is 10.9 Å². The molecule has 1 aliphatic rings. The van der Waals surface area contributed by atoms with E-state index in [0.29, 0.717) is 24.2 Å². The van der Waals surface area contributed by atoms with Crippen molar-refractivity contribution in [3.8, 4) is 5.75 Å². The molecular weight excluding hydrogens is 335 g/mol. The van der Waals surface area contributed by atoms with Crippen LogP contribution in [0.1, 0.15) is 49.8 Å². The second kappa shape index (κ2) is 7.63. The van der Waals surface area contributed by atoms with Gasteiger partial charge in [0, 0.05) is 6.20 Å². The zero-order valence-electron chi connectivity index (χ0n) is 14.5. The lowest BCUT2D eigenvalue weighted by Crippen LogP contribution is -2.18. The first kappa shape index (κ1) is 16.7. The number of hydrogen-bond acceptors (Lipinski definition) is 5. The van der Waals surface area contributed by atoms with E-state index in [9.17, 15) is 4.39 Å². The van der Waals surface area contributed by atoms with E-state index >= 15 is 0 Å². The quantitative estimate of drug-likeness (QED) is 0.678. The van der Waals surface area contributed by atoms with Gasteiger partial charge < -0.3 is 4.74 Å². The minimum Gasteiger partial charge on any atom is -0.486 e. The lowest BCUT2D eigenvalue weighted by molar-refractivity contribution is 0.287. The second-order valence-electron chi connectivity index (χ2n) is 6.52. The highest BCUT2D eigenvalue weighted by Gasteiger charge is 2.21. The maximum Gasteiger partial charge on any atom is 0.188 e. The molecule has 1 fully saturated rings. The van der Waals surface area contributed by atoms with Crippen molar-refractivity contribution in [2.45, 2.75) is 51.3 Å². The first-order valence-corrected chi connectivity index (χ1v) is 8.95. The number of benzene rings is 1. The van der Waals surface area contributed by atoms with Crippen molar-refractivity contribution in [3.63, 3.8) is 0 Å². The summed E-state index contributed by atoms with van der Waals surface area (Å²) in [5.74, 6) is 1.79. The number of rotatable bonds is 6. The van der Waals surface area contributed by atoms with Gasteiger partial charge in [0.05, 0.1) is 12.2 Å². The first-order valence-electron chi connectivity index (χ1n) is 8.95. The highest BCUT2D eigenvalue weighted by molar-refractivity contribution is 5.22. The van der Waals surface area contributed by atoms with Crippen LogP contribution >= 0.6 is 0 Å². The number of aromatic nitrogens is 6. The summed E-state index contributed by atoms with van der Waals surface area (Å²) in [5, 5.41) is 12.6. The molecule has 1 saturated carbocycles. The number of hydrogen-bond donors (Lipinski definition) is 0. The van der Waals surface area contributed by atoms with E-state index < -0.39 is 0 Å². The van der Waals surface area contributed by atoms with Crippen molar-refractivity contribution in [1.29, 1.82) is 0 Å². The number of ether oxygens (including phenoxy) is 1. The monoisotopic (exact) mass is 356 g/mol. The average Bonchev–Trinajstić information content (AvgIpc) is 3.32. The highest BCUT2D eigenvalue weighted by atomic mass is 19.1. The van der Waals surface area contributed by atoms with Crippen molar-refractivity contribution in [2.75, 3.05) is 0 Å². The second-order valence-corrected chi connectivity index (χ2v) is 6.52. The molecule has 2 aromatic heterocycles. The van der Waals surface area contributed by atoms with Gasteiger partial charge in [-0.1, -0.05) is 24.5 Å². The van der Waals surface area contributed by atoms with Gasteiger partial charge in [-0.2, -0.15) is 5.10 Å². The predicted octanol–water partition coefficient (Wildman–Crippen LogP) is 3.14. The Kier molecular flexibility index (Phi) is 4.90. The Balaban J connectivity index is 1.52. The van der Waals surface area contributed by atoms with Crippen LogP contribution in [0.25, 0.3) is 0 Å². The van der Waals surface area contributed by atoms with Gasteiger partial charge in [0.2, 0.25) is 0 Å². The largest absolute Gasteiger partial charge is 0.486 e. The fraction of sp³-hybridized carbons (Fsp3) is 0.444. The molecule has 8 heteroatoms. The summed E-state index contributed by atoms with van der Waals surface area (Å²) in [5.41, 5.74) is 0. The molecule has 0 amide bonds. The van der Waals surface area contributed by atoms with Gasteiger partial charge >= 0.3 is 0 Å². The van der Waals surface area contributed by atoms with Crippen LogP contribution in [-0.2, 0) is 13.2 Å². The van der Waals surface area contributed by atoms with Crippen LogP contribution in [0.4, 0.5) is 4.39 Å². The number of nitrogens with zero attached hydrogens (tertiary/aromatic N) is 6. The summed E-state index contributed by atoms with van der Waals surface area (Å²) in [6.07, 6.45) is 9.42. The standard InChI is InChI=1S/C18H21FN6O/c19-14-6-8-16(9-7-14)26-13-17-21-18(12-24-11-10-20-23-24)25(22-17)15-4-2-1-3-5-15/h6-11,15H,1-5,12-13H2. The molecule has 0 unspecified atom stereocenters. The van der Waals surface area contributed by atoms with Gasteiger partial charge in [0.15, 0.2) is 5.82 Å². The smallest absolute Gasteiger partial charge is 0.188 e. The molecule has 0 bridgehead atoms. The first-order chi connectivity index (χ1) is 12.8. The van der Waals surface area contributed by atoms with Crippen LogP contribution in [0.5, 0.6) is 5.75 Å². The average molecular weight is 356 g/mol. The summed E-state index contributed by atoms with van der Waals surface area (Å²) in [6, 6.07) is 6.32. The van der Waals surface area contributed by atoms with E-state index in [1.54, 1.807) is 23.0 Å². The van der Waals surface area contributed by atoms with Gasteiger partial charge in [-0.15, -0.1) is 5.10 Å². The van der Waals surface area contributed by atoms with Gasteiger partial charge in [-0.05, 0) is 37.1 Å². The van der Waals surface area contributed by atoms with Crippen molar-refractivity contribution in [3.05, 3.63) is 54.1 Å². The van der Waals surface area contributed by atoms with E-state index in [1.165, 1.54) is 31.4 Å². The van der Waals surface area contributed by atoms with Crippen LogP contribution in [0.15, 0.2) is 36.7 Å². The molecule has 0 aliphatic heterocycles. The van der Waals surface area contributed by atoms with Crippen molar-refractivity contribution < 1.29 is 9.13 Å². The van der Waals surface area contributed by atoms with Gasteiger partial charge in [0.25, 0.3) is 0 Å². The van der Waals surface area contributed by atoms with Gasteiger partial charge in [-0.25, -0.2) is 18.7 Å². The van der Waals surface area contributed by atoms with Crippen molar-refractivity contribution >= 4 is 0 Å². The van der Waals surface area contributed by atoms with E-state index in [2.05, 4.69) is 15.3 Å². The third-order valence-electron chi connectivity index (χ3n) is 4.62. The molecule has 0 atom stereocenters.